The van der Waals surface area contributed by atoms with Gasteiger partial charge in [-0.2, -0.15) is 0 Å². The molecule has 0 amide bonds. The lowest BCUT2D eigenvalue weighted by Crippen LogP contribution is -2.07. The quantitative estimate of drug-likeness (QED) is 0.610. The van der Waals surface area contributed by atoms with Gasteiger partial charge in [0.25, 0.3) is 0 Å². The largest absolute Gasteiger partial charge is 0.384 e. The highest BCUT2D eigenvalue weighted by Crippen LogP contribution is 2.35. The summed E-state index contributed by atoms with van der Waals surface area (Å²) in [5, 5.41) is 0. The molecule has 0 aromatic rings. The molecule has 0 saturated heterocycles. The second kappa shape index (κ2) is 4.10. The van der Waals surface area contributed by atoms with Gasteiger partial charge in [-0.3, -0.25) is 0 Å². The van der Waals surface area contributed by atoms with Crippen molar-refractivity contribution >= 4 is 0 Å². The molecule has 66 valence electrons. The van der Waals surface area contributed by atoms with Crippen LogP contribution in [0.15, 0.2) is 0 Å². The molecule has 2 atom stereocenters. The van der Waals surface area contributed by atoms with Crippen molar-refractivity contribution in [3.63, 3.8) is 0 Å². The Morgan fingerprint density at radius 1 is 1.36 bits per heavy atom. The van der Waals surface area contributed by atoms with Gasteiger partial charge in [0.15, 0.2) is 0 Å². The maximum atomic E-state index is 5.15. The van der Waals surface area contributed by atoms with Crippen LogP contribution in [-0.2, 0) is 4.74 Å². The van der Waals surface area contributed by atoms with Crippen molar-refractivity contribution in [2.45, 2.75) is 33.1 Å². The summed E-state index contributed by atoms with van der Waals surface area (Å²) in [7, 11) is 1.81. The highest BCUT2D eigenvalue weighted by atomic mass is 16.5. The Bertz CT molecular complexity index is 109. The monoisotopic (exact) mass is 156 g/mol. The Morgan fingerprint density at radius 2 is 2.09 bits per heavy atom. The SMILES string of the molecule is COCC1CCC(C(C)C)C1. The second-order valence-electron chi connectivity index (χ2n) is 4.14. The highest BCUT2D eigenvalue weighted by Gasteiger charge is 2.26. The molecular formula is C10H20O. The van der Waals surface area contributed by atoms with Crippen molar-refractivity contribution in [1.82, 2.24) is 0 Å². The number of hydrogen-bond donors (Lipinski definition) is 0. The summed E-state index contributed by atoms with van der Waals surface area (Å²) in [6.45, 7) is 5.64. The van der Waals surface area contributed by atoms with Gasteiger partial charge >= 0.3 is 0 Å². The first-order valence-electron chi connectivity index (χ1n) is 4.73. The number of hydrogen-bond acceptors (Lipinski definition) is 1. The maximum absolute atomic E-state index is 5.15. The van der Waals surface area contributed by atoms with Crippen molar-refractivity contribution in [2.24, 2.45) is 17.8 Å². The maximum Gasteiger partial charge on any atom is 0.0490 e. The third-order valence-corrected chi connectivity index (χ3v) is 2.93. The molecule has 0 bridgehead atoms. The van der Waals surface area contributed by atoms with Gasteiger partial charge < -0.3 is 4.74 Å². The third kappa shape index (κ3) is 2.48. The molecule has 0 radical (unpaired) electrons. The predicted molar refractivity (Wildman–Crippen MR) is 47.5 cm³/mol. The van der Waals surface area contributed by atoms with Crippen LogP contribution in [0.25, 0.3) is 0 Å². The Balaban J connectivity index is 2.23. The van der Waals surface area contributed by atoms with Gasteiger partial charge in [-0.15, -0.1) is 0 Å². The van der Waals surface area contributed by atoms with Gasteiger partial charge in [-0.1, -0.05) is 13.8 Å². The Morgan fingerprint density at radius 3 is 2.55 bits per heavy atom. The highest BCUT2D eigenvalue weighted by molar-refractivity contribution is 4.77. The average Bonchev–Trinajstić information content (AvgIpc) is 2.37. The molecule has 1 saturated carbocycles. The van der Waals surface area contributed by atoms with Crippen LogP contribution in [0.1, 0.15) is 33.1 Å². The zero-order valence-corrected chi connectivity index (χ0v) is 7.97. The van der Waals surface area contributed by atoms with Crippen LogP contribution in [0.3, 0.4) is 0 Å². The van der Waals surface area contributed by atoms with E-state index < -0.39 is 0 Å². The molecule has 0 N–H and O–H groups in total. The lowest BCUT2D eigenvalue weighted by atomic mass is 9.93. The molecule has 0 aromatic heterocycles. The molecule has 1 aliphatic carbocycles. The standard InChI is InChI=1S/C10H20O/c1-8(2)10-5-4-9(6-10)7-11-3/h8-10H,4-7H2,1-3H3. The van der Waals surface area contributed by atoms with Crippen molar-refractivity contribution < 1.29 is 4.74 Å². The normalized spacial score (nSPS) is 31.6. The van der Waals surface area contributed by atoms with Gasteiger partial charge in [0.1, 0.15) is 0 Å². The molecule has 0 aliphatic heterocycles. The first-order valence-corrected chi connectivity index (χ1v) is 4.73. The van der Waals surface area contributed by atoms with Crippen molar-refractivity contribution in [3.8, 4) is 0 Å². The summed E-state index contributed by atoms with van der Waals surface area (Å²) in [6, 6.07) is 0. The molecule has 1 nitrogen and oxygen atoms in total. The van der Waals surface area contributed by atoms with Crippen molar-refractivity contribution in [2.75, 3.05) is 13.7 Å². The second-order valence-corrected chi connectivity index (χ2v) is 4.14. The Kier molecular flexibility index (Phi) is 3.38. The zero-order valence-electron chi connectivity index (χ0n) is 7.97. The first kappa shape index (κ1) is 9.05. The molecule has 1 fully saturated rings. The summed E-state index contributed by atoms with van der Waals surface area (Å²) in [5.74, 6) is 2.69. The number of rotatable bonds is 3. The Hall–Kier alpha value is -0.0400. The smallest absolute Gasteiger partial charge is 0.0490 e. The summed E-state index contributed by atoms with van der Waals surface area (Å²) in [5.41, 5.74) is 0. The van der Waals surface area contributed by atoms with Crippen LogP contribution in [0, 0.1) is 17.8 Å². The van der Waals surface area contributed by atoms with E-state index in [1.807, 2.05) is 7.11 Å². The van der Waals surface area contributed by atoms with Gasteiger partial charge in [-0.25, -0.2) is 0 Å². The summed E-state index contributed by atoms with van der Waals surface area (Å²) in [4.78, 5) is 0. The van der Waals surface area contributed by atoms with E-state index in [-0.39, 0.29) is 0 Å². The van der Waals surface area contributed by atoms with Gasteiger partial charge in [0, 0.05) is 13.7 Å². The van der Waals surface area contributed by atoms with Crippen LogP contribution in [0.4, 0.5) is 0 Å². The fourth-order valence-corrected chi connectivity index (χ4v) is 2.11. The van der Waals surface area contributed by atoms with E-state index >= 15 is 0 Å². The molecule has 1 aliphatic rings. The molecule has 11 heavy (non-hydrogen) atoms. The van der Waals surface area contributed by atoms with Crippen LogP contribution in [0.5, 0.6) is 0 Å². The van der Waals surface area contributed by atoms with Gasteiger partial charge in [0.05, 0.1) is 0 Å². The van der Waals surface area contributed by atoms with Crippen LogP contribution >= 0.6 is 0 Å². The molecular weight excluding hydrogens is 136 g/mol. The molecule has 1 rings (SSSR count). The van der Waals surface area contributed by atoms with Gasteiger partial charge in [-0.05, 0) is 37.0 Å². The lowest BCUT2D eigenvalue weighted by molar-refractivity contribution is 0.151. The fourth-order valence-electron chi connectivity index (χ4n) is 2.11. The van der Waals surface area contributed by atoms with E-state index in [0.717, 1.165) is 24.4 Å². The minimum Gasteiger partial charge on any atom is -0.384 e. The predicted octanol–water partition coefficient (Wildman–Crippen LogP) is 2.71. The Labute approximate surface area is 70.1 Å². The summed E-state index contributed by atoms with van der Waals surface area (Å²) in [6.07, 6.45) is 4.20. The average molecular weight is 156 g/mol. The first-order chi connectivity index (χ1) is 5.24. The lowest BCUT2D eigenvalue weighted by Gasteiger charge is -2.13. The van der Waals surface area contributed by atoms with Crippen LogP contribution < -0.4 is 0 Å². The minimum atomic E-state index is 0.854. The minimum absolute atomic E-state index is 0.854. The topological polar surface area (TPSA) is 9.23 Å². The van der Waals surface area contributed by atoms with E-state index in [0.29, 0.717) is 0 Å². The zero-order chi connectivity index (χ0) is 8.27. The molecule has 1 heteroatoms. The van der Waals surface area contributed by atoms with E-state index in [1.54, 1.807) is 0 Å². The summed E-state index contributed by atoms with van der Waals surface area (Å²) >= 11 is 0. The molecule has 0 aromatic carbocycles. The molecule has 2 unspecified atom stereocenters. The van der Waals surface area contributed by atoms with Crippen molar-refractivity contribution in [3.05, 3.63) is 0 Å². The number of ether oxygens (including phenoxy) is 1. The fraction of sp³-hybridized carbons (Fsp3) is 1.00. The number of methoxy groups -OCH3 is 1. The van der Waals surface area contributed by atoms with Crippen LogP contribution in [0.2, 0.25) is 0 Å². The van der Waals surface area contributed by atoms with Crippen LogP contribution in [-0.4, -0.2) is 13.7 Å². The van der Waals surface area contributed by atoms with E-state index in [9.17, 15) is 0 Å². The summed E-state index contributed by atoms with van der Waals surface area (Å²) < 4.78 is 5.15. The third-order valence-electron chi connectivity index (χ3n) is 2.93. The molecule has 0 heterocycles. The van der Waals surface area contributed by atoms with Gasteiger partial charge in [0.2, 0.25) is 0 Å². The van der Waals surface area contributed by atoms with E-state index in [2.05, 4.69) is 13.8 Å². The van der Waals surface area contributed by atoms with Crippen molar-refractivity contribution in [1.29, 1.82) is 0 Å². The molecule has 0 spiro atoms. The van der Waals surface area contributed by atoms with E-state index in [1.165, 1.54) is 19.3 Å². The van der Waals surface area contributed by atoms with E-state index in [4.69, 9.17) is 4.74 Å².